The molecular weight excluding hydrogens is 232 g/mol. The molecular formula is C10H9BrO2. The average molecular weight is 241 g/mol. The number of hydrogen-bond donors (Lipinski definition) is 0. The first-order chi connectivity index (χ1) is 6.27. The van der Waals surface area contributed by atoms with Crippen LogP contribution in [0.15, 0.2) is 28.7 Å². The molecule has 1 aromatic carbocycles. The number of carbonyl (C=O) groups excluding carboxylic acids is 1. The summed E-state index contributed by atoms with van der Waals surface area (Å²) in [5, 5.41) is 0. The summed E-state index contributed by atoms with van der Waals surface area (Å²) in [4.78, 5) is 11.3. The molecule has 1 aliphatic rings. The summed E-state index contributed by atoms with van der Waals surface area (Å²) in [5.74, 6) is 0.121. The monoisotopic (exact) mass is 240 g/mol. The van der Waals surface area contributed by atoms with Crippen LogP contribution >= 0.6 is 15.9 Å². The minimum absolute atomic E-state index is 0.0579. The summed E-state index contributed by atoms with van der Waals surface area (Å²) in [6.07, 6.45) is 0. The molecule has 1 heterocycles. The smallest absolute Gasteiger partial charge is 0.168 e. The molecule has 1 saturated heterocycles. The number of hydrogen-bond acceptors (Lipinski definition) is 2. The third-order valence-corrected chi connectivity index (χ3v) is 2.66. The van der Waals surface area contributed by atoms with Crippen LogP contribution in [0, 0.1) is 0 Å². The number of carbonyl (C=O) groups is 1. The second-order valence-electron chi connectivity index (χ2n) is 3.09. The van der Waals surface area contributed by atoms with Gasteiger partial charge >= 0.3 is 0 Å². The predicted octanol–water partition coefficient (Wildman–Crippen LogP) is 2.13. The van der Waals surface area contributed by atoms with Gasteiger partial charge in [-0.2, -0.15) is 0 Å². The first kappa shape index (κ1) is 8.91. The Morgan fingerprint density at radius 1 is 1.46 bits per heavy atom. The first-order valence-electron chi connectivity index (χ1n) is 4.13. The molecule has 1 atom stereocenters. The molecule has 1 fully saturated rings. The Hall–Kier alpha value is -0.670. The summed E-state index contributed by atoms with van der Waals surface area (Å²) in [6, 6.07) is 7.81. The maximum atomic E-state index is 11.3. The molecule has 0 bridgehead atoms. The minimum atomic E-state index is -0.0579. The van der Waals surface area contributed by atoms with Gasteiger partial charge in [0, 0.05) is 4.47 Å². The largest absolute Gasteiger partial charge is 0.373 e. The molecule has 0 saturated carbocycles. The van der Waals surface area contributed by atoms with E-state index >= 15 is 0 Å². The molecule has 0 amide bonds. The van der Waals surface area contributed by atoms with Crippen LogP contribution in [0.3, 0.4) is 0 Å². The molecule has 0 aromatic heterocycles. The Bertz CT molecular complexity index is 335. The van der Waals surface area contributed by atoms with Gasteiger partial charge in [0.15, 0.2) is 5.78 Å². The Kier molecular flexibility index (Phi) is 2.47. The lowest BCUT2D eigenvalue weighted by Gasteiger charge is -2.06. The second kappa shape index (κ2) is 3.60. The van der Waals surface area contributed by atoms with Crippen molar-refractivity contribution >= 4 is 21.7 Å². The van der Waals surface area contributed by atoms with Crippen LogP contribution in [0.1, 0.15) is 11.5 Å². The van der Waals surface area contributed by atoms with E-state index in [-0.39, 0.29) is 18.3 Å². The summed E-state index contributed by atoms with van der Waals surface area (Å²) >= 11 is 3.38. The van der Waals surface area contributed by atoms with Gasteiger partial charge in [0.2, 0.25) is 0 Å². The quantitative estimate of drug-likeness (QED) is 0.752. The van der Waals surface area contributed by atoms with E-state index in [1.807, 2.05) is 24.3 Å². The Labute approximate surface area is 85.0 Å². The predicted molar refractivity (Wildman–Crippen MR) is 52.7 cm³/mol. The van der Waals surface area contributed by atoms with Crippen molar-refractivity contribution < 1.29 is 9.53 Å². The lowest BCUT2D eigenvalue weighted by molar-refractivity contribution is -0.118. The SMILES string of the molecule is O=C1COCC1c1cccc(Br)c1. The van der Waals surface area contributed by atoms with Crippen LogP contribution in [0.4, 0.5) is 0 Å². The lowest BCUT2D eigenvalue weighted by Crippen LogP contribution is -2.08. The van der Waals surface area contributed by atoms with Gasteiger partial charge in [-0.25, -0.2) is 0 Å². The Balaban J connectivity index is 2.29. The fourth-order valence-electron chi connectivity index (χ4n) is 1.48. The molecule has 0 radical (unpaired) electrons. The third kappa shape index (κ3) is 1.81. The number of ether oxygens (including phenoxy) is 1. The number of benzene rings is 1. The summed E-state index contributed by atoms with van der Waals surface area (Å²) < 4.78 is 6.10. The van der Waals surface area contributed by atoms with Gasteiger partial charge in [0.25, 0.3) is 0 Å². The molecule has 1 aliphatic heterocycles. The van der Waals surface area contributed by atoms with Crippen molar-refractivity contribution in [2.24, 2.45) is 0 Å². The van der Waals surface area contributed by atoms with Gasteiger partial charge in [-0.05, 0) is 17.7 Å². The van der Waals surface area contributed by atoms with Crippen molar-refractivity contribution in [3.63, 3.8) is 0 Å². The van der Waals surface area contributed by atoms with Crippen LogP contribution in [-0.4, -0.2) is 19.0 Å². The molecule has 3 heteroatoms. The Morgan fingerprint density at radius 2 is 2.31 bits per heavy atom. The molecule has 0 aliphatic carbocycles. The van der Waals surface area contributed by atoms with Crippen LogP contribution in [-0.2, 0) is 9.53 Å². The molecule has 2 rings (SSSR count). The zero-order chi connectivity index (χ0) is 9.26. The van der Waals surface area contributed by atoms with E-state index in [1.165, 1.54) is 0 Å². The van der Waals surface area contributed by atoms with Crippen molar-refractivity contribution in [2.75, 3.05) is 13.2 Å². The molecule has 2 nitrogen and oxygen atoms in total. The third-order valence-electron chi connectivity index (χ3n) is 2.17. The van der Waals surface area contributed by atoms with Gasteiger partial charge < -0.3 is 4.74 Å². The highest BCUT2D eigenvalue weighted by atomic mass is 79.9. The van der Waals surface area contributed by atoms with Crippen molar-refractivity contribution in [1.82, 2.24) is 0 Å². The fraction of sp³-hybridized carbons (Fsp3) is 0.300. The maximum Gasteiger partial charge on any atom is 0.168 e. The number of halogens is 1. The zero-order valence-electron chi connectivity index (χ0n) is 7.00. The molecule has 1 aromatic rings. The number of Topliss-reactive ketones (excluding diaryl/α,β-unsaturated/α-hetero) is 1. The maximum absolute atomic E-state index is 11.3. The standard InChI is InChI=1S/C10H9BrO2/c11-8-3-1-2-7(4-8)9-5-13-6-10(9)12/h1-4,9H,5-6H2. The first-order valence-corrected chi connectivity index (χ1v) is 4.92. The van der Waals surface area contributed by atoms with E-state index < -0.39 is 0 Å². The van der Waals surface area contributed by atoms with Gasteiger partial charge in [-0.1, -0.05) is 28.1 Å². The number of rotatable bonds is 1. The molecule has 0 N–H and O–H groups in total. The molecule has 1 unspecified atom stereocenters. The average Bonchev–Trinajstić information content (AvgIpc) is 2.51. The highest BCUT2D eigenvalue weighted by molar-refractivity contribution is 9.10. The highest BCUT2D eigenvalue weighted by Crippen LogP contribution is 2.24. The van der Waals surface area contributed by atoms with Gasteiger partial charge in [-0.3, -0.25) is 4.79 Å². The fourth-order valence-corrected chi connectivity index (χ4v) is 1.89. The normalized spacial score (nSPS) is 22.2. The summed E-state index contributed by atoms with van der Waals surface area (Å²) in [5.41, 5.74) is 1.04. The van der Waals surface area contributed by atoms with Crippen molar-refractivity contribution in [3.8, 4) is 0 Å². The summed E-state index contributed by atoms with van der Waals surface area (Å²) in [6.45, 7) is 0.784. The van der Waals surface area contributed by atoms with Crippen molar-refractivity contribution in [3.05, 3.63) is 34.3 Å². The minimum Gasteiger partial charge on any atom is -0.373 e. The molecule has 68 valence electrons. The van der Waals surface area contributed by atoms with E-state index in [9.17, 15) is 4.79 Å². The zero-order valence-corrected chi connectivity index (χ0v) is 8.58. The van der Waals surface area contributed by atoms with Crippen LogP contribution < -0.4 is 0 Å². The topological polar surface area (TPSA) is 26.3 Å². The van der Waals surface area contributed by atoms with E-state index in [0.29, 0.717) is 6.61 Å². The van der Waals surface area contributed by atoms with Gasteiger partial charge in [-0.15, -0.1) is 0 Å². The van der Waals surface area contributed by atoms with E-state index in [2.05, 4.69) is 15.9 Å². The van der Waals surface area contributed by atoms with Crippen molar-refractivity contribution in [2.45, 2.75) is 5.92 Å². The van der Waals surface area contributed by atoms with Crippen LogP contribution in [0.25, 0.3) is 0 Å². The van der Waals surface area contributed by atoms with Crippen molar-refractivity contribution in [1.29, 1.82) is 0 Å². The summed E-state index contributed by atoms with van der Waals surface area (Å²) in [7, 11) is 0. The Morgan fingerprint density at radius 3 is 2.92 bits per heavy atom. The molecule has 0 spiro atoms. The lowest BCUT2D eigenvalue weighted by atomic mass is 9.98. The highest BCUT2D eigenvalue weighted by Gasteiger charge is 2.26. The van der Waals surface area contributed by atoms with Crippen LogP contribution in [0.2, 0.25) is 0 Å². The number of ketones is 1. The van der Waals surface area contributed by atoms with Crippen LogP contribution in [0.5, 0.6) is 0 Å². The second-order valence-corrected chi connectivity index (χ2v) is 4.00. The van der Waals surface area contributed by atoms with Gasteiger partial charge in [0.1, 0.15) is 6.61 Å². The van der Waals surface area contributed by atoms with E-state index in [4.69, 9.17) is 4.74 Å². The van der Waals surface area contributed by atoms with Gasteiger partial charge in [0.05, 0.1) is 12.5 Å². The van der Waals surface area contributed by atoms with E-state index in [1.54, 1.807) is 0 Å². The van der Waals surface area contributed by atoms with E-state index in [0.717, 1.165) is 10.0 Å². The molecule has 13 heavy (non-hydrogen) atoms.